The molecule has 0 radical (unpaired) electrons. The molecule has 2 saturated heterocycles. The van der Waals surface area contributed by atoms with Crippen LogP contribution in [0.15, 0.2) is 6.07 Å². The van der Waals surface area contributed by atoms with Crippen molar-refractivity contribution < 1.29 is 22.7 Å². The Hall–Kier alpha value is -1.65. The summed E-state index contributed by atoms with van der Waals surface area (Å²) in [6.45, 7) is 11.3. The van der Waals surface area contributed by atoms with Crippen LogP contribution in [0.25, 0.3) is 0 Å². The topological polar surface area (TPSA) is 102 Å². The van der Waals surface area contributed by atoms with Gasteiger partial charge in [0.25, 0.3) is 0 Å². The standard InChI is InChI=1S/C21H33ClN4O5S/c1-6-32(28,29)21(7-9-25(10-8-21)19(27)31-20(3,4)5)16-13-17(24-18(22)23-16)26-11-12-30-14-15(26)2/h13,15H,6-12,14H2,1-5H3. The van der Waals surface area contributed by atoms with E-state index in [1.807, 2.05) is 6.92 Å². The van der Waals surface area contributed by atoms with Gasteiger partial charge in [0, 0.05) is 31.5 Å². The minimum Gasteiger partial charge on any atom is -0.444 e. The molecule has 0 saturated carbocycles. The summed E-state index contributed by atoms with van der Waals surface area (Å²) in [6, 6.07) is 1.82. The van der Waals surface area contributed by atoms with Crippen molar-refractivity contribution >= 4 is 33.3 Å². The van der Waals surface area contributed by atoms with Gasteiger partial charge in [-0.25, -0.2) is 23.2 Å². The van der Waals surface area contributed by atoms with Gasteiger partial charge in [-0.05, 0) is 52.1 Å². The zero-order valence-corrected chi connectivity index (χ0v) is 21.0. The van der Waals surface area contributed by atoms with Crippen molar-refractivity contribution in [3.05, 3.63) is 17.0 Å². The largest absolute Gasteiger partial charge is 0.444 e. The number of hydrogen-bond donors (Lipinski definition) is 0. The van der Waals surface area contributed by atoms with Gasteiger partial charge in [-0.15, -0.1) is 0 Å². The highest BCUT2D eigenvalue weighted by Crippen LogP contribution is 2.42. The minimum atomic E-state index is -3.57. The molecular weight excluding hydrogens is 456 g/mol. The molecule has 0 bridgehead atoms. The average Bonchev–Trinajstić information content (AvgIpc) is 2.72. The maximum atomic E-state index is 13.4. The molecule has 0 aromatic carbocycles. The van der Waals surface area contributed by atoms with Crippen molar-refractivity contribution in [2.75, 3.05) is 43.5 Å². The first-order chi connectivity index (χ1) is 14.9. The Labute approximate surface area is 195 Å². The summed E-state index contributed by atoms with van der Waals surface area (Å²) in [5.41, 5.74) is -0.234. The summed E-state index contributed by atoms with van der Waals surface area (Å²) in [6.07, 6.45) is -0.00889. The number of amides is 1. The number of nitrogens with zero attached hydrogens (tertiary/aromatic N) is 4. The van der Waals surface area contributed by atoms with Crippen molar-refractivity contribution in [2.45, 2.75) is 63.9 Å². The Balaban J connectivity index is 1.95. The van der Waals surface area contributed by atoms with Gasteiger partial charge in [-0.1, -0.05) is 6.92 Å². The Kier molecular flexibility index (Phi) is 7.26. The molecule has 2 fully saturated rings. The zero-order chi connectivity index (χ0) is 23.7. The number of halogens is 1. The third-order valence-electron chi connectivity index (χ3n) is 6.01. The molecule has 1 unspecified atom stereocenters. The van der Waals surface area contributed by atoms with E-state index in [9.17, 15) is 13.2 Å². The lowest BCUT2D eigenvalue weighted by Gasteiger charge is -2.41. The highest BCUT2D eigenvalue weighted by atomic mass is 35.5. The van der Waals surface area contributed by atoms with Crippen LogP contribution in [-0.4, -0.2) is 79.6 Å². The van der Waals surface area contributed by atoms with Crippen LogP contribution in [0.1, 0.15) is 53.2 Å². The molecule has 2 aliphatic heterocycles. The number of likely N-dealkylation sites (tertiary alicyclic amines) is 1. The lowest BCUT2D eigenvalue weighted by Crippen LogP contribution is -2.51. The Morgan fingerprint density at radius 1 is 1.28 bits per heavy atom. The van der Waals surface area contributed by atoms with Crippen molar-refractivity contribution in [1.29, 1.82) is 0 Å². The second-order valence-electron chi connectivity index (χ2n) is 9.36. The Morgan fingerprint density at radius 2 is 1.94 bits per heavy atom. The summed E-state index contributed by atoms with van der Waals surface area (Å²) < 4.78 is 36.5. The van der Waals surface area contributed by atoms with Gasteiger partial charge in [0.2, 0.25) is 5.28 Å². The summed E-state index contributed by atoms with van der Waals surface area (Å²) >= 11 is 6.28. The molecule has 0 spiro atoms. The van der Waals surface area contributed by atoms with Gasteiger partial charge in [0.05, 0.1) is 24.9 Å². The molecule has 1 aromatic rings. The molecule has 2 aliphatic rings. The van der Waals surface area contributed by atoms with Crippen LogP contribution >= 0.6 is 11.6 Å². The highest BCUT2D eigenvalue weighted by Gasteiger charge is 2.49. The zero-order valence-electron chi connectivity index (χ0n) is 19.4. The molecule has 180 valence electrons. The molecule has 0 aliphatic carbocycles. The second kappa shape index (κ2) is 9.30. The number of carbonyl (C=O) groups is 1. The fourth-order valence-corrected chi connectivity index (χ4v) is 6.19. The molecular formula is C21H33ClN4O5S. The first-order valence-corrected chi connectivity index (χ1v) is 13.0. The maximum absolute atomic E-state index is 13.4. The number of sulfone groups is 1. The lowest BCUT2D eigenvalue weighted by atomic mass is 9.92. The number of ether oxygens (including phenoxy) is 2. The minimum absolute atomic E-state index is 0.0106. The van der Waals surface area contributed by atoms with E-state index in [1.54, 1.807) is 38.7 Å². The fourth-order valence-electron chi connectivity index (χ4n) is 4.23. The molecule has 3 heterocycles. The van der Waals surface area contributed by atoms with Gasteiger partial charge in [-0.2, -0.15) is 0 Å². The van der Waals surface area contributed by atoms with E-state index in [-0.39, 0.29) is 43.0 Å². The van der Waals surface area contributed by atoms with Crippen LogP contribution in [0, 0.1) is 0 Å². The fraction of sp³-hybridized carbons (Fsp3) is 0.762. The molecule has 1 atom stereocenters. The van der Waals surface area contributed by atoms with E-state index in [0.29, 0.717) is 31.3 Å². The monoisotopic (exact) mass is 488 g/mol. The Morgan fingerprint density at radius 3 is 2.50 bits per heavy atom. The summed E-state index contributed by atoms with van der Waals surface area (Å²) in [7, 11) is -3.57. The van der Waals surface area contributed by atoms with Gasteiger partial charge >= 0.3 is 6.09 Å². The van der Waals surface area contributed by atoms with E-state index >= 15 is 0 Å². The molecule has 1 aromatic heterocycles. The second-order valence-corrected chi connectivity index (χ2v) is 12.3. The summed E-state index contributed by atoms with van der Waals surface area (Å²) in [5.74, 6) is 0.556. The van der Waals surface area contributed by atoms with Gasteiger partial charge < -0.3 is 19.3 Å². The van der Waals surface area contributed by atoms with Crippen molar-refractivity contribution in [1.82, 2.24) is 14.9 Å². The number of carbonyl (C=O) groups excluding carboxylic acids is 1. The van der Waals surface area contributed by atoms with E-state index in [1.165, 1.54) is 0 Å². The molecule has 32 heavy (non-hydrogen) atoms. The molecule has 0 N–H and O–H groups in total. The first kappa shape index (κ1) is 25.0. The number of morpholine rings is 1. The number of rotatable bonds is 4. The molecule has 3 rings (SSSR count). The number of aromatic nitrogens is 2. The van der Waals surface area contributed by atoms with Gasteiger partial charge in [-0.3, -0.25) is 0 Å². The van der Waals surface area contributed by atoms with Gasteiger partial charge in [0.15, 0.2) is 9.84 Å². The average molecular weight is 489 g/mol. The van der Waals surface area contributed by atoms with Crippen LogP contribution in [0.4, 0.5) is 10.6 Å². The lowest BCUT2D eigenvalue weighted by molar-refractivity contribution is 0.0191. The van der Waals surface area contributed by atoms with Gasteiger partial charge in [0.1, 0.15) is 16.2 Å². The van der Waals surface area contributed by atoms with Crippen LogP contribution in [0.2, 0.25) is 5.28 Å². The van der Waals surface area contributed by atoms with Crippen LogP contribution in [0.3, 0.4) is 0 Å². The third kappa shape index (κ3) is 5.12. The predicted molar refractivity (Wildman–Crippen MR) is 123 cm³/mol. The summed E-state index contributed by atoms with van der Waals surface area (Å²) in [4.78, 5) is 24.9. The SMILES string of the molecule is CCS(=O)(=O)C1(c2cc(N3CCOCC3C)nc(Cl)n2)CCN(C(=O)OC(C)(C)C)CC1. The molecule has 9 nitrogen and oxygen atoms in total. The van der Waals surface area contributed by atoms with Crippen LogP contribution < -0.4 is 4.90 Å². The van der Waals surface area contributed by atoms with Crippen LogP contribution in [0.5, 0.6) is 0 Å². The normalized spacial score (nSPS) is 22.0. The molecule has 11 heteroatoms. The van der Waals surface area contributed by atoms with E-state index < -0.39 is 26.3 Å². The van der Waals surface area contributed by atoms with E-state index in [0.717, 1.165) is 0 Å². The van der Waals surface area contributed by atoms with Crippen molar-refractivity contribution in [3.63, 3.8) is 0 Å². The quantitative estimate of drug-likeness (QED) is 0.596. The third-order valence-corrected chi connectivity index (χ3v) is 8.75. The van der Waals surface area contributed by atoms with Crippen molar-refractivity contribution in [2.24, 2.45) is 0 Å². The predicted octanol–water partition coefficient (Wildman–Crippen LogP) is 3.02. The van der Waals surface area contributed by atoms with Crippen LogP contribution in [-0.2, 0) is 24.1 Å². The van der Waals surface area contributed by atoms with Crippen molar-refractivity contribution in [3.8, 4) is 0 Å². The summed E-state index contributed by atoms with van der Waals surface area (Å²) in [5, 5.41) is 0.0106. The van der Waals surface area contributed by atoms with E-state index in [4.69, 9.17) is 21.1 Å². The van der Waals surface area contributed by atoms with E-state index in [2.05, 4.69) is 14.9 Å². The number of anilines is 1. The number of hydrogen-bond acceptors (Lipinski definition) is 8. The Bertz CT molecular complexity index is 942. The number of piperidine rings is 1. The molecule has 1 amide bonds. The highest BCUT2D eigenvalue weighted by molar-refractivity contribution is 7.92. The first-order valence-electron chi connectivity index (χ1n) is 11.0. The maximum Gasteiger partial charge on any atom is 0.410 e. The smallest absolute Gasteiger partial charge is 0.410 e.